The van der Waals surface area contributed by atoms with Crippen molar-refractivity contribution in [3.63, 3.8) is 0 Å². The number of fused-ring (bicyclic) bond motifs is 2. The van der Waals surface area contributed by atoms with E-state index in [1.807, 2.05) is 24.7 Å². The maximum Gasteiger partial charge on any atom is 0.163 e. The highest BCUT2D eigenvalue weighted by atomic mass is 35.5. The van der Waals surface area contributed by atoms with E-state index in [1.165, 1.54) is 23.5 Å². The van der Waals surface area contributed by atoms with Gasteiger partial charge in [-0.15, -0.1) is 11.3 Å². The Morgan fingerprint density at radius 3 is 2.82 bits per heavy atom. The van der Waals surface area contributed by atoms with E-state index in [4.69, 9.17) is 16.6 Å². The van der Waals surface area contributed by atoms with Gasteiger partial charge in [0.05, 0.1) is 11.8 Å². The van der Waals surface area contributed by atoms with E-state index in [2.05, 4.69) is 20.3 Å². The number of hydrogen-bond acceptors (Lipinski definition) is 7. The van der Waals surface area contributed by atoms with E-state index in [0.29, 0.717) is 29.0 Å². The third kappa shape index (κ3) is 3.76. The largest absolute Gasteiger partial charge is 0.391 e. The van der Waals surface area contributed by atoms with Gasteiger partial charge in [0.15, 0.2) is 10.8 Å². The molecule has 2 bridgehead atoms. The van der Waals surface area contributed by atoms with Crippen molar-refractivity contribution < 1.29 is 9.50 Å². The number of nitrogens with one attached hydrogen (secondary N) is 1. The molecule has 2 aromatic heterocycles. The van der Waals surface area contributed by atoms with E-state index in [1.54, 1.807) is 16.9 Å². The van der Waals surface area contributed by atoms with Crippen LogP contribution in [-0.2, 0) is 7.05 Å². The predicted octanol–water partition coefficient (Wildman–Crippen LogP) is 3.77. The molecule has 7 nitrogen and oxygen atoms in total. The molecule has 6 rings (SSSR count). The number of thiazole rings is 1. The molecule has 2 N–H and O–H groups in total. The summed E-state index contributed by atoms with van der Waals surface area (Å²) in [6, 6.07) is 6.41. The number of nitrogens with zero attached hydrogens (tertiary/aromatic N) is 5. The summed E-state index contributed by atoms with van der Waals surface area (Å²) in [6.45, 7) is 0.623. The summed E-state index contributed by atoms with van der Waals surface area (Å²) in [5.74, 6) is 0.264. The number of aliphatic hydroxyl groups excluding tert-OH is 1. The van der Waals surface area contributed by atoms with Crippen LogP contribution < -0.4 is 5.32 Å². The smallest absolute Gasteiger partial charge is 0.163 e. The molecular weight excluding hydrogens is 475 g/mol. The van der Waals surface area contributed by atoms with E-state index in [9.17, 15) is 9.50 Å². The highest BCUT2D eigenvalue weighted by Gasteiger charge is 2.46. The van der Waals surface area contributed by atoms with Crippen LogP contribution in [0.4, 0.5) is 4.39 Å². The van der Waals surface area contributed by atoms with Crippen molar-refractivity contribution >= 4 is 34.3 Å². The lowest BCUT2D eigenvalue weighted by atomic mass is 9.93. The molecule has 176 valence electrons. The van der Waals surface area contributed by atoms with Crippen LogP contribution in [0.25, 0.3) is 5.57 Å². The van der Waals surface area contributed by atoms with E-state index in [-0.39, 0.29) is 12.1 Å². The molecule has 4 atom stereocenters. The molecule has 2 fully saturated rings. The van der Waals surface area contributed by atoms with Crippen LogP contribution in [0.3, 0.4) is 0 Å². The van der Waals surface area contributed by atoms with Crippen LogP contribution in [0.2, 0.25) is 5.02 Å². The van der Waals surface area contributed by atoms with Crippen molar-refractivity contribution in [2.45, 2.75) is 43.5 Å². The highest BCUT2D eigenvalue weighted by Crippen LogP contribution is 2.43. The first-order chi connectivity index (χ1) is 16.5. The summed E-state index contributed by atoms with van der Waals surface area (Å²) >= 11 is 8.05. The van der Waals surface area contributed by atoms with Gasteiger partial charge in [0.25, 0.3) is 0 Å². The van der Waals surface area contributed by atoms with Gasteiger partial charge in [0, 0.05) is 65.3 Å². The van der Waals surface area contributed by atoms with Gasteiger partial charge in [-0.25, -0.2) is 9.37 Å². The van der Waals surface area contributed by atoms with Gasteiger partial charge in [-0.2, -0.15) is 5.10 Å². The third-order valence-electron chi connectivity index (χ3n) is 7.00. The topological polar surface area (TPSA) is 78.6 Å². The fourth-order valence-corrected chi connectivity index (χ4v) is 6.33. The van der Waals surface area contributed by atoms with Crippen LogP contribution in [-0.4, -0.2) is 55.3 Å². The summed E-state index contributed by atoms with van der Waals surface area (Å²) in [5.41, 5.74) is 3.34. The maximum atomic E-state index is 13.9. The number of aliphatic imine (C=N–C) groups is 1. The fraction of sp³-hybridized carbons (Fsp3) is 0.375. The molecule has 34 heavy (non-hydrogen) atoms. The molecule has 2 saturated heterocycles. The molecule has 0 radical (unpaired) electrons. The summed E-state index contributed by atoms with van der Waals surface area (Å²) in [6.07, 6.45) is 6.24. The summed E-state index contributed by atoms with van der Waals surface area (Å²) in [7, 11) is 1.88. The molecule has 3 unspecified atom stereocenters. The van der Waals surface area contributed by atoms with Crippen LogP contribution >= 0.6 is 22.9 Å². The van der Waals surface area contributed by atoms with Crippen molar-refractivity contribution in [3.05, 3.63) is 74.8 Å². The number of hydrogen-bond donors (Lipinski definition) is 2. The Bertz CT molecular complexity index is 1290. The van der Waals surface area contributed by atoms with Crippen molar-refractivity contribution in [2.75, 3.05) is 6.54 Å². The number of amidine groups is 1. The fourth-order valence-electron chi connectivity index (χ4n) is 5.47. The number of benzene rings is 1. The maximum absolute atomic E-state index is 13.9. The molecule has 5 heterocycles. The Morgan fingerprint density at radius 1 is 1.29 bits per heavy atom. The first kappa shape index (κ1) is 21.9. The summed E-state index contributed by atoms with van der Waals surface area (Å²) in [4.78, 5) is 11.9. The zero-order chi connectivity index (χ0) is 23.4. The van der Waals surface area contributed by atoms with Crippen molar-refractivity contribution in [1.82, 2.24) is 25.0 Å². The van der Waals surface area contributed by atoms with Gasteiger partial charge >= 0.3 is 0 Å². The monoisotopic (exact) mass is 498 g/mol. The molecule has 3 aromatic rings. The van der Waals surface area contributed by atoms with E-state index in [0.717, 1.165) is 41.2 Å². The molecular formula is C24H24ClFN6OS. The highest BCUT2D eigenvalue weighted by molar-refractivity contribution is 7.11. The van der Waals surface area contributed by atoms with E-state index >= 15 is 0 Å². The lowest BCUT2D eigenvalue weighted by Crippen LogP contribution is -2.40. The lowest BCUT2D eigenvalue weighted by Gasteiger charge is -2.31. The van der Waals surface area contributed by atoms with Gasteiger partial charge in [-0.05, 0) is 37.5 Å². The first-order valence-corrected chi connectivity index (χ1v) is 12.6. The van der Waals surface area contributed by atoms with Crippen LogP contribution in [0.15, 0.2) is 52.7 Å². The van der Waals surface area contributed by atoms with Crippen molar-refractivity contribution in [3.8, 4) is 0 Å². The second kappa shape index (κ2) is 8.57. The molecule has 0 spiro atoms. The average Bonchev–Trinajstić information content (AvgIpc) is 3.59. The van der Waals surface area contributed by atoms with Crippen LogP contribution in [0.5, 0.6) is 0 Å². The minimum Gasteiger partial charge on any atom is -0.391 e. The number of halogens is 2. The Labute approximate surface area is 205 Å². The predicted molar refractivity (Wildman–Crippen MR) is 130 cm³/mol. The summed E-state index contributed by atoms with van der Waals surface area (Å²) in [5, 5.41) is 21.8. The second-order valence-electron chi connectivity index (χ2n) is 9.05. The first-order valence-electron chi connectivity index (χ1n) is 11.3. The zero-order valence-corrected chi connectivity index (χ0v) is 20.1. The van der Waals surface area contributed by atoms with Gasteiger partial charge in [0.2, 0.25) is 0 Å². The van der Waals surface area contributed by atoms with Gasteiger partial charge in [-0.1, -0.05) is 17.7 Å². The minimum absolute atomic E-state index is 0.152. The lowest BCUT2D eigenvalue weighted by molar-refractivity contribution is 0.124. The molecule has 1 aromatic carbocycles. The Hall–Kier alpha value is -2.59. The van der Waals surface area contributed by atoms with Gasteiger partial charge < -0.3 is 10.4 Å². The average molecular weight is 499 g/mol. The molecule has 3 aliphatic heterocycles. The molecule has 0 aliphatic carbocycles. The number of rotatable bonds is 5. The Balaban J connectivity index is 1.51. The number of aromatic nitrogens is 3. The zero-order valence-electron chi connectivity index (χ0n) is 18.5. The standard InChI is InChI=1S/C24H24ClFN6OS/c1-31-8-6-17(30-31)21-18(12-32-14-3-5-19(32)20(33)11-14)28-23(24-27-7-9-34-24)29-22(21)15-4-2-13(26)10-16(15)25/h2,4,6-10,14,19-20,22,33H,3,5,11-12H2,1H3,(H,28,29)/t14?,19?,20?,22-/m0/s1. The number of aliphatic hydroxyl groups is 1. The SMILES string of the molecule is Cn1ccc(C2=C(CN3C4CCC3C(O)C4)NC(c3nccs3)=N[C@H]2c2ccc(F)cc2Cl)n1. The Morgan fingerprint density at radius 2 is 2.18 bits per heavy atom. The second-order valence-corrected chi connectivity index (χ2v) is 10.4. The van der Waals surface area contributed by atoms with Crippen molar-refractivity contribution in [1.29, 1.82) is 0 Å². The van der Waals surface area contributed by atoms with Crippen LogP contribution in [0.1, 0.15) is 41.6 Å². The third-order valence-corrected chi connectivity index (χ3v) is 8.10. The van der Waals surface area contributed by atoms with Gasteiger partial charge in [0.1, 0.15) is 11.9 Å². The molecule has 0 amide bonds. The van der Waals surface area contributed by atoms with Crippen molar-refractivity contribution in [2.24, 2.45) is 12.0 Å². The number of aryl methyl sites for hydroxylation is 1. The molecule has 0 saturated carbocycles. The quantitative estimate of drug-likeness (QED) is 0.560. The minimum atomic E-state index is -0.483. The normalized spacial score (nSPS) is 26.8. The Kier molecular flexibility index (Phi) is 5.52. The molecule has 3 aliphatic rings. The van der Waals surface area contributed by atoms with Gasteiger partial charge in [-0.3, -0.25) is 14.6 Å². The van der Waals surface area contributed by atoms with E-state index < -0.39 is 11.9 Å². The van der Waals surface area contributed by atoms with Crippen LogP contribution in [0, 0.1) is 5.82 Å². The summed E-state index contributed by atoms with van der Waals surface area (Å²) < 4.78 is 15.7. The molecule has 10 heteroatoms.